The van der Waals surface area contributed by atoms with Gasteiger partial charge in [-0.2, -0.15) is 0 Å². The van der Waals surface area contributed by atoms with Gasteiger partial charge in [-0.25, -0.2) is 4.39 Å². The zero-order chi connectivity index (χ0) is 13.4. The highest BCUT2D eigenvalue weighted by Crippen LogP contribution is 2.41. The Labute approximate surface area is 120 Å². The number of nitrogens with one attached hydrogen (secondary N) is 1. The number of anilines is 1. The maximum absolute atomic E-state index is 14.0. The van der Waals surface area contributed by atoms with Gasteiger partial charge in [0.25, 0.3) is 0 Å². The van der Waals surface area contributed by atoms with Crippen molar-refractivity contribution in [1.29, 1.82) is 0 Å². The first kappa shape index (κ1) is 12.5. The number of rotatable bonds is 1. The largest absolute Gasteiger partial charge is 0.364 e. The van der Waals surface area contributed by atoms with E-state index >= 15 is 0 Å². The van der Waals surface area contributed by atoms with Crippen LogP contribution in [0.5, 0.6) is 0 Å². The Morgan fingerprint density at radius 3 is 2.32 bits per heavy atom. The van der Waals surface area contributed by atoms with Crippen molar-refractivity contribution < 1.29 is 4.39 Å². The summed E-state index contributed by atoms with van der Waals surface area (Å²) in [5.41, 5.74) is 2.27. The van der Waals surface area contributed by atoms with Crippen LogP contribution in [0.3, 0.4) is 0 Å². The molecule has 0 aliphatic carbocycles. The van der Waals surface area contributed by atoms with Gasteiger partial charge in [-0.1, -0.05) is 59.6 Å². The van der Waals surface area contributed by atoms with E-state index in [2.05, 4.69) is 5.32 Å². The van der Waals surface area contributed by atoms with Gasteiger partial charge in [0.05, 0.1) is 5.03 Å². The fourth-order valence-corrected chi connectivity index (χ4v) is 2.70. The van der Waals surface area contributed by atoms with Crippen LogP contribution in [0, 0.1) is 5.82 Å². The molecule has 1 unspecified atom stereocenters. The molecule has 0 bridgehead atoms. The van der Waals surface area contributed by atoms with E-state index in [1.807, 2.05) is 24.3 Å². The predicted octanol–water partition coefficient (Wildman–Crippen LogP) is 4.81. The fraction of sp³-hybridized carbons (Fsp3) is 0.0667. The summed E-state index contributed by atoms with van der Waals surface area (Å²) in [5.74, 6) is -0.309. The van der Waals surface area contributed by atoms with E-state index in [0.717, 1.165) is 11.3 Å². The number of halogens is 3. The molecule has 1 N–H and O–H groups in total. The van der Waals surface area contributed by atoms with Gasteiger partial charge in [0.2, 0.25) is 0 Å². The second kappa shape index (κ2) is 4.87. The number of hydrogen-bond acceptors (Lipinski definition) is 1. The van der Waals surface area contributed by atoms with E-state index in [1.54, 1.807) is 18.2 Å². The molecule has 96 valence electrons. The van der Waals surface area contributed by atoms with E-state index in [4.69, 9.17) is 23.2 Å². The van der Waals surface area contributed by atoms with Crippen LogP contribution in [-0.4, -0.2) is 5.50 Å². The summed E-state index contributed by atoms with van der Waals surface area (Å²) in [4.78, 5) is 0. The minimum Gasteiger partial charge on any atom is -0.364 e. The molecule has 1 aliphatic rings. The Morgan fingerprint density at radius 2 is 1.58 bits per heavy atom. The molecule has 0 aromatic heterocycles. The molecule has 0 spiro atoms. The van der Waals surface area contributed by atoms with E-state index in [-0.39, 0.29) is 5.82 Å². The summed E-state index contributed by atoms with van der Waals surface area (Å²) in [6.45, 7) is 0. The molecule has 2 aromatic carbocycles. The van der Waals surface area contributed by atoms with E-state index in [1.165, 1.54) is 6.07 Å². The minimum absolute atomic E-state index is 0.309. The van der Waals surface area contributed by atoms with Crippen molar-refractivity contribution in [1.82, 2.24) is 0 Å². The first-order valence-corrected chi connectivity index (χ1v) is 6.64. The Hall–Kier alpha value is -1.51. The number of para-hydroxylation sites is 1. The SMILES string of the molecule is Fc1ccccc1C1=C(Cl)C(Cl)Nc2ccccc21. The Morgan fingerprint density at radius 1 is 0.947 bits per heavy atom. The lowest BCUT2D eigenvalue weighted by atomic mass is 9.93. The number of fused-ring (bicyclic) bond motifs is 1. The molecule has 4 heteroatoms. The maximum atomic E-state index is 14.0. The van der Waals surface area contributed by atoms with Crippen molar-refractivity contribution in [3.05, 3.63) is 70.5 Å². The average Bonchev–Trinajstić information content (AvgIpc) is 2.42. The first-order valence-electron chi connectivity index (χ1n) is 5.83. The number of benzene rings is 2. The van der Waals surface area contributed by atoms with Crippen LogP contribution in [0.4, 0.5) is 10.1 Å². The summed E-state index contributed by atoms with van der Waals surface area (Å²) in [6.07, 6.45) is 0. The summed E-state index contributed by atoms with van der Waals surface area (Å²) in [7, 11) is 0. The Balaban J connectivity index is 2.28. The van der Waals surface area contributed by atoms with Crippen molar-refractivity contribution in [2.75, 3.05) is 5.32 Å². The summed E-state index contributed by atoms with van der Waals surface area (Å²) in [6, 6.07) is 14.1. The maximum Gasteiger partial charge on any atom is 0.138 e. The topological polar surface area (TPSA) is 12.0 Å². The molecular weight excluding hydrogens is 284 g/mol. The molecule has 1 aliphatic heterocycles. The van der Waals surface area contributed by atoms with Crippen molar-refractivity contribution in [3.8, 4) is 0 Å². The molecule has 0 saturated carbocycles. The summed E-state index contributed by atoms with van der Waals surface area (Å²) < 4.78 is 14.0. The first-order chi connectivity index (χ1) is 9.18. The van der Waals surface area contributed by atoms with Crippen LogP contribution in [0.25, 0.3) is 5.57 Å². The normalized spacial score (nSPS) is 17.9. The second-order valence-corrected chi connectivity index (χ2v) is 5.10. The lowest BCUT2D eigenvalue weighted by molar-refractivity contribution is 0.624. The number of alkyl halides is 1. The molecular formula is C15H10Cl2FN. The average molecular weight is 294 g/mol. The third-order valence-corrected chi connectivity index (χ3v) is 3.93. The smallest absolute Gasteiger partial charge is 0.138 e. The highest BCUT2D eigenvalue weighted by molar-refractivity contribution is 6.41. The van der Waals surface area contributed by atoms with Gasteiger partial charge in [-0.15, -0.1) is 0 Å². The quantitative estimate of drug-likeness (QED) is 0.587. The van der Waals surface area contributed by atoms with Crippen LogP contribution in [0.1, 0.15) is 11.1 Å². The van der Waals surface area contributed by atoms with E-state index < -0.39 is 5.50 Å². The van der Waals surface area contributed by atoms with Crippen molar-refractivity contribution in [2.24, 2.45) is 0 Å². The molecule has 0 saturated heterocycles. The highest BCUT2D eigenvalue weighted by Gasteiger charge is 2.26. The van der Waals surface area contributed by atoms with E-state index in [9.17, 15) is 4.39 Å². The van der Waals surface area contributed by atoms with Crippen molar-refractivity contribution in [2.45, 2.75) is 5.50 Å². The zero-order valence-corrected chi connectivity index (χ0v) is 11.3. The summed E-state index contributed by atoms with van der Waals surface area (Å²) >= 11 is 12.5. The highest BCUT2D eigenvalue weighted by atomic mass is 35.5. The third kappa shape index (κ3) is 2.11. The Bertz CT molecular complexity index is 667. The molecule has 2 aromatic rings. The molecule has 1 heterocycles. The van der Waals surface area contributed by atoms with Crippen LogP contribution < -0.4 is 5.32 Å². The van der Waals surface area contributed by atoms with Gasteiger partial charge < -0.3 is 5.32 Å². The van der Waals surface area contributed by atoms with Gasteiger partial charge in [0.15, 0.2) is 0 Å². The van der Waals surface area contributed by atoms with Gasteiger partial charge in [0.1, 0.15) is 11.3 Å². The molecule has 0 fully saturated rings. The lowest BCUT2D eigenvalue weighted by Gasteiger charge is -2.26. The van der Waals surface area contributed by atoms with Gasteiger partial charge in [0, 0.05) is 22.4 Å². The second-order valence-electron chi connectivity index (χ2n) is 4.26. The van der Waals surface area contributed by atoms with Gasteiger partial charge in [-0.05, 0) is 12.1 Å². The monoisotopic (exact) mass is 293 g/mol. The third-order valence-electron chi connectivity index (χ3n) is 3.08. The standard InChI is InChI=1S/C15H10Cl2FN/c16-14-13(9-5-1-3-7-11(9)18)10-6-2-4-8-12(10)19-15(14)17/h1-8,15,19H. The van der Waals surface area contributed by atoms with Gasteiger partial charge >= 0.3 is 0 Å². The molecule has 19 heavy (non-hydrogen) atoms. The lowest BCUT2D eigenvalue weighted by Crippen LogP contribution is -2.20. The predicted molar refractivity (Wildman–Crippen MR) is 78.0 cm³/mol. The van der Waals surface area contributed by atoms with Crippen LogP contribution in [0.2, 0.25) is 0 Å². The molecule has 0 amide bonds. The van der Waals surface area contributed by atoms with Crippen molar-refractivity contribution in [3.63, 3.8) is 0 Å². The van der Waals surface area contributed by atoms with Crippen LogP contribution >= 0.6 is 23.2 Å². The molecule has 1 nitrogen and oxygen atoms in total. The Kier molecular flexibility index (Phi) is 3.21. The molecule has 1 atom stereocenters. The summed E-state index contributed by atoms with van der Waals surface area (Å²) in [5, 5.41) is 3.49. The zero-order valence-electron chi connectivity index (χ0n) is 9.83. The van der Waals surface area contributed by atoms with Crippen LogP contribution in [0.15, 0.2) is 53.6 Å². The van der Waals surface area contributed by atoms with Gasteiger partial charge in [-0.3, -0.25) is 0 Å². The molecule has 3 rings (SSSR count). The van der Waals surface area contributed by atoms with Crippen LogP contribution in [-0.2, 0) is 0 Å². The minimum atomic E-state index is -0.550. The van der Waals surface area contributed by atoms with Crippen molar-refractivity contribution >= 4 is 34.5 Å². The van der Waals surface area contributed by atoms with E-state index in [0.29, 0.717) is 16.2 Å². The number of hydrogen-bond donors (Lipinski definition) is 1. The molecule has 0 radical (unpaired) electrons. The fourth-order valence-electron chi connectivity index (χ4n) is 2.22.